The summed E-state index contributed by atoms with van der Waals surface area (Å²) in [5, 5.41) is 13.0. The number of hydrogen-bond donors (Lipinski definition) is 1. The van der Waals surface area contributed by atoms with Crippen LogP contribution >= 0.6 is 22.9 Å². The van der Waals surface area contributed by atoms with E-state index in [9.17, 15) is 5.11 Å². The van der Waals surface area contributed by atoms with Crippen LogP contribution in [0, 0.1) is 13.8 Å². The van der Waals surface area contributed by atoms with Crippen molar-refractivity contribution in [1.29, 1.82) is 0 Å². The Morgan fingerprint density at radius 1 is 1.33 bits per heavy atom. The number of thiophene rings is 1. The molecule has 0 amide bonds. The van der Waals surface area contributed by atoms with E-state index < -0.39 is 6.10 Å². The second-order valence-electron chi connectivity index (χ2n) is 4.23. The first-order chi connectivity index (χ1) is 8.54. The number of halogens is 1. The van der Waals surface area contributed by atoms with Gasteiger partial charge in [0.05, 0.1) is 17.0 Å². The van der Waals surface area contributed by atoms with E-state index in [2.05, 4.69) is 0 Å². The zero-order chi connectivity index (χ0) is 13.3. The highest BCUT2D eigenvalue weighted by Gasteiger charge is 2.21. The average Bonchev–Trinajstić information content (AvgIpc) is 2.73. The smallest absolute Gasteiger partial charge is 0.125 e. The Bertz CT molecular complexity index is 563. The van der Waals surface area contributed by atoms with Crippen molar-refractivity contribution in [2.45, 2.75) is 20.0 Å². The molecule has 1 heterocycles. The number of hydrogen-bond acceptors (Lipinski definition) is 3. The Kier molecular flexibility index (Phi) is 3.95. The summed E-state index contributed by atoms with van der Waals surface area (Å²) >= 11 is 7.52. The second-order valence-corrected chi connectivity index (χ2v) is 5.59. The summed E-state index contributed by atoms with van der Waals surface area (Å²) in [5.41, 5.74) is 2.90. The highest BCUT2D eigenvalue weighted by Crippen LogP contribution is 2.38. The molecule has 2 nitrogen and oxygen atoms in total. The summed E-state index contributed by atoms with van der Waals surface area (Å²) in [4.78, 5) is 0.752. The molecule has 0 spiro atoms. The number of aliphatic hydroxyl groups excluding tert-OH is 1. The summed E-state index contributed by atoms with van der Waals surface area (Å²) in [6.45, 7) is 3.97. The normalized spacial score (nSPS) is 12.5. The van der Waals surface area contributed by atoms with Crippen LogP contribution in [0.4, 0.5) is 0 Å². The predicted octanol–water partition coefficient (Wildman–Crippen LogP) is 4.11. The van der Waals surface area contributed by atoms with E-state index in [1.807, 2.05) is 31.4 Å². The van der Waals surface area contributed by atoms with E-state index in [-0.39, 0.29) is 0 Å². The van der Waals surface area contributed by atoms with Gasteiger partial charge >= 0.3 is 0 Å². The summed E-state index contributed by atoms with van der Waals surface area (Å²) in [5.74, 6) is 0.699. The largest absolute Gasteiger partial charge is 0.496 e. The first-order valence-electron chi connectivity index (χ1n) is 5.60. The topological polar surface area (TPSA) is 29.5 Å². The molecule has 96 valence electrons. The molecular formula is C14H15ClO2S. The fraction of sp³-hybridized carbons (Fsp3) is 0.286. The van der Waals surface area contributed by atoms with E-state index in [0.29, 0.717) is 10.8 Å². The van der Waals surface area contributed by atoms with Gasteiger partial charge in [0.15, 0.2) is 0 Å². The molecule has 0 aliphatic heterocycles. The van der Waals surface area contributed by atoms with Crippen molar-refractivity contribution in [3.05, 3.63) is 50.2 Å². The lowest BCUT2D eigenvalue weighted by Gasteiger charge is -2.17. The Balaban J connectivity index is 2.54. The minimum absolute atomic E-state index is 0.592. The van der Waals surface area contributed by atoms with Gasteiger partial charge in [-0.25, -0.2) is 0 Å². The monoisotopic (exact) mass is 282 g/mol. The fourth-order valence-electron chi connectivity index (χ4n) is 2.09. The van der Waals surface area contributed by atoms with Gasteiger partial charge in [-0.05, 0) is 42.5 Å². The van der Waals surface area contributed by atoms with Crippen LogP contribution in [0.15, 0.2) is 23.6 Å². The maximum absolute atomic E-state index is 10.5. The predicted molar refractivity (Wildman–Crippen MR) is 75.9 cm³/mol. The molecule has 1 unspecified atom stereocenters. The molecule has 0 bridgehead atoms. The lowest BCUT2D eigenvalue weighted by molar-refractivity contribution is 0.217. The zero-order valence-electron chi connectivity index (χ0n) is 10.5. The fourth-order valence-corrected chi connectivity index (χ4v) is 3.24. The van der Waals surface area contributed by atoms with Crippen LogP contribution in [0.2, 0.25) is 5.02 Å². The standard InChI is InChI=1S/C14H15ClO2S/c1-8-6-9(2)12(11(7-8)17-3)13(16)14-10(15)4-5-18-14/h4-7,13,16H,1-3H3. The van der Waals surface area contributed by atoms with E-state index in [1.165, 1.54) is 11.3 Å². The minimum atomic E-state index is -0.743. The molecule has 1 aromatic heterocycles. The van der Waals surface area contributed by atoms with Gasteiger partial charge in [-0.2, -0.15) is 0 Å². The van der Waals surface area contributed by atoms with E-state index >= 15 is 0 Å². The molecule has 1 aromatic carbocycles. The molecule has 2 aromatic rings. The van der Waals surface area contributed by atoms with E-state index in [1.54, 1.807) is 13.2 Å². The molecule has 0 aliphatic rings. The van der Waals surface area contributed by atoms with Gasteiger partial charge in [0.2, 0.25) is 0 Å². The van der Waals surface area contributed by atoms with Crippen molar-refractivity contribution in [1.82, 2.24) is 0 Å². The highest BCUT2D eigenvalue weighted by molar-refractivity contribution is 7.10. The molecule has 18 heavy (non-hydrogen) atoms. The molecular weight excluding hydrogens is 268 g/mol. The number of rotatable bonds is 3. The third-order valence-electron chi connectivity index (χ3n) is 2.88. The third-order valence-corrected chi connectivity index (χ3v) is 4.29. The minimum Gasteiger partial charge on any atom is -0.496 e. The lowest BCUT2D eigenvalue weighted by Crippen LogP contribution is -2.04. The zero-order valence-corrected chi connectivity index (χ0v) is 12.1. The Morgan fingerprint density at radius 2 is 2.06 bits per heavy atom. The Morgan fingerprint density at radius 3 is 2.61 bits per heavy atom. The first kappa shape index (κ1) is 13.4. The van der Waals surface area contributed by atoms with Crippen molar-refractivity contribution in [2.75, 3.05) is 7.11 Å². The van der Waals surface area contributed by atoms with Crippen LogP contribution in [0.25, 0.3) is 0 Å². The molecule has 1 atom stereocenters. The third kappa shape index (κ3) is 2.39. The van der Waals surface area contributed by atoms with Gasteiger partial charge in [-0.15, -0.1) is 11.3 Å². The summed E-state index contributed by atoms with van der Waals surface area (Å²) in [6, 6.07) is 5.75. The highest BCUT2D eigenvalue weighted by atomic mass is 35.5. The molecule has 4 heteroatoms. The van der Waals surface area contributed by atoms with Gasteiger partial charge in [0.25, 0.3) is 0 Å². The number of aryl methyl sites for hydroxylation is 2. The molecule has 0 aliphatic carbocycles. The Labute approximate surface area is 116 Å². The van der Waals surface area contributed by atoms with Crippen molar-refractivity contribution < 1.29 is 9.84 Å². The van der Waals surface area contributed by atoms with Crippen LogP contribution in [-0.4, -0.2) is 12.2 Å². The maximum atomic E-state index is 10.5. The number of benzene rings is 1. The first-order valence-corrected chi connectivity index (χ1v) is 6.86. The molecule has 0 fully saturated rings. The van der Waals surface area contributed by atoms with Crippen molar-refractivity contribution in [3.63, 3.8) is 0 Å². The van der Waals surface area contributed by atoms with E-state index in [0.717, 1.165) is 21.6 Å². The van der Waals surface area contributed by atoms with Crippen LogP contribution < -0.4 is 4.74 Å². The van der Waals surface area contributed by atoms with Gasteiger partial charge < -0.3 is 9.84 Å². The summed E-state index contributed by atoms with van der Waals surface area (Å²) in [7, 11) is 1.61. The average molecular weight is 283 g/mol. The summed E-state index contributed by atoms with van der Waals surface area (Å²) in [6.07, 6.45) is -0.743. The summed E-state index contributed by atoms with van der Waals surface area (Å²) < 4.78 is 5.37. The maximum Gasteiger partial charge on any atom is 0.125 e. The van der Waals surface area contributed by atoms with Crippen LogP contribution in [0.5, 0.6) is 5.75 Å². The second kappa shape index (κ2) is 5.31. The SMILES string of the molecule is COc1cc(C)cc(C)c1C(O)c1sccc1Cl. The van der Waals surface area contributed by atoms with Crippen LogP contribution in [0.1, 0.15) is 27.7 Å². The van der Waals surface area contributed by atoms with Crippen molar-refractivity contribution in [2.24, 2.45) is 0 Å². The Hall–Kier alpha value is -1.03. The number of methoxy groups -OCH3 is 1. The van der Waals surface area contributed by atoms with Gasteiger partial charge in [-0.1, -0.05) is 17.7 Å². The molecule has 1 N–H and O–H groups in total. The van der Waals surface area contributed by atoms with Gasteiger partial charge in [0, 0.05) is 5.56 Å². The van der Waals surface area contributed by atoms with Crippen LogP contribution in [-0.2, 0) is 0 Å². The number of aliphatic hydroxyl groups is 1. The van der Waals surface area contributed by atoms with Crippen molar-refractivity contribution in [3.8, 4) is 5.75 Å². The molecule has 0 radical (unpaired) electrons. The van der Waals surface area contributed by atoms with Crippen LogP contribution in [0.3, 0.4) is 0 Å². The lowest BCUT2D eigenvalue weighted by atomic mass is 9.98. The molecule has 0 saturated carbocycles. The van der Waals surface area contributed by atoms with Gasteiger partial charge in [-0.3, -0.25) is 0 Å². The van der Waals surface area contributed by atoms with E-state index in [4.69, 9.17) is 16.3 Å². The molecule has 0 saturated heterocycles. The number of ether oxygens (including phenoxy) is 1. The van der Waals surface area contributed by atoms with Gasteiger partial charge in [0.1, 0.15) is 11.9 Å². The van der Waals surface area contributed by atoms with Crippen molar-refractivity contribution >= 4 is 22.9 Å². The quantitative estimate of drug-likeness (QED) is 0.918. The molecule has 2 rings (SSSR count).